The fraction of sp³-hybridized carbons (Fsp3) is 1.00. The molecule has 2 aliphatic heterocycles. The van der Waals surface area contributed by atoms with Gasteiger partial charge in [0.25, 0.3) is 0 Å². The van der Waals surface area contributed by atoms with Crippen molar-refractivity contribution < 1.29 is 24.8 Å². The maximum atomic E-state index is 9.53. The SMILES string of the molecule is CC1OC(CO)C2(O)OC2C1O. The Morgan fingerprint density at radius 2 is 2.17 bits per heavy atom. The second-order valence-corrected chi connectivity index (χ2v) is 3.29. The van der Waals surface area contributed by atoms with E-state index in [0.717, 1.165) is 0 Å². The highest BCUT2D eigenvalue weighted by atomic mass is 16.8. The van der Waals surface area contributed by atoms with Gasteiger partial charge < -0.3 is 24.8 Å². The summed E-state index contributed by atoms with van der Waals surface area (Å²) in [6.45, 7) is 1.37. The van der Waals surface area contributed by atoms with Crippen LogP contribution in [0.15, 0.2) is 0 Å². The highest BCUT2D eigenvalue weighted by Gasteiger charge is 2.68. The molecule has 0 aromatic heterocycles. The zero-order chi connectivity index (χ0) is 8.93. The molecule has 2 saturated heterocycles. The molecule has 5 unspecified atom stereocenters. The van der Waals surface area contributed by atoms with Crippen LogP contribution in [0.1, 0.15) is 6.92 Å². The molecule has 2 heterocycles. The molecular formula is C7H12O5. The number of ether oxygens (including phenoxy) is 2. The normalized spacial score (nSPS) is 58.0. The summed E-state index contributed by atoms with van der Waals surface area (Å²) in [7, 11) is 0. The van der Waals surface area contributed by atoms with Gasteiger partial charge in [-0.3, -0.25) is 0 Å². The molecule has 0 aromatic carbocycles. The van der Waals surface area contributed by atoms with Gasteiger partial charge in [0.05, 0.1) is 12.7 Å². The number of aliphatic hydroxyl groups is 3. The van der Waals surface area contributed by atoms with Crippen LogP contribution in [0, 0.1) is 0 Å². The van der Waals surface area contributed by atoms with Crippen molar-refractivity contribution in [2.75, 3.05) is 6.61 Å². The molecule has 0 aliphatic carbocycles. The van der Waals surface area contributed by atoms with E-state index in [1.165, 1.54) is 0 Å². The summed E-state index contributed by atoms with van der Waals surface area (Å²) in [5.74, 6) is -1.46. The molecule has 0 spiro atoms. The molecule has 0 bridgehead atoms. The van der Waals surface area contributed by atoms with Crippen molar-refractivity contribution in [2.24, 2.45) is 0 Å². The van der Waals surface area contributed by atoms with Gasteiger partial charge in [-0.15, -0.1) is 0 Å². The number of aliphatic hydroxyl groups excluding tert-OH is 2. The van der Waals surface area contributed by atoms with E-state index in [1.807, 2.05) is 0 Å². The smallest absolute Gasteiger partial charge is 0.225 e. The molecule has 2 aliphatic rings. The molecule has 0 radical (unpaired) electrons. The highest BCUT2D eigenvalue weighted by Crippen LogP contribution is 2.45. The molecule has 12 heavy (non-hydrogen) atoms. The summed E-state index contributed by atoms with van der Waals surface area (Å²) >= 11 is 0. The van der Waals surface area contributed by atoms with Gasteiger partial charge in [0.15, 0.2) is 0 Å². The Labute approximate surface area is 69.5 Å². The number of rotatable bonds is 1. The van der Waals surface area contributed by atoms with Crippen LogP contribution in [-0.2, 0) is 9.47 Å². The third-order valence-electron chi connectivity index (χ3n) is 2.46. The maximum absolute atomic E-state index is 9.53. The molecule has 5 atom stereocenters. The van der Waals surface area contributed by atoms with Crippen molar-refractivity contribution in [3.05, 3.63) is 0 Å². The lowest BCUT2D eigenvalue weighted by Gasteiger charge is -2.30. The quantitative estimate of drug-likeness (QED) is 0.411. The molecular weight excluding hydrogens is 164 g/mol. The number of fused-ring (bicyclic) bond motifs is 1. The Hall–Kier alpha value is -0.200. The number of hydrogen-bond acceptors (Lipinski definition) is 5. The summed E-state index contributed by atoms with van der Waals surface area (Å²) in [6, 6.07) is 0. The topological polar surface area (TPSA) is 82.5 Å². The molecule has 2 fully saturated rings. The summed E-state index contributed by atoms with van der Waals surface area (Å²) in [6.07, 6.45) is -2.55. The second-order valence-electron chi connectivity index (χ2n) is 3.29. The highest BCUT2D eigenvalue weighted by molar-refractivity contribution is 5.08. The predicted octanol–water partition coefficient (Wildman–Crippen LogP) is -1.79. The van der Waals surface area contributed by atoms with Gasteiger partial charge in [0.2, 0.25) is 5.79 Å². The first-order valence-electron chi connectivity index (χ1n) is 3.94. The fourth-order valence-electron chi connectivity index (χ4n) is 1.60. The Balaban J connectivity index is 2.13. The number of epoxide rings is 1. The minimum atomic E-state index is -1.46. The van der Waals surface area contributed by atoms with Gasteiger partial charge in [-0.1, -0.05) is 0 Å². The maximum Gasteiger partial charge on any atom is 0.225 e. The molecule has 5 heteroatoms. The minimum absolute atomic E-state index is 0.302. The summed E-state index contributed by atoms with van der Waals surface area (Å²) in [4.78, 5) is 0. The van der Waals surface area contributed by atoms with E-state index in [0.29, 0.717) is 0 Å². The fourth-order valence-corrected chi connectivity index (χ4v) is 1.60. The minimum Gasteiger partial charge on any atom is -0.393 e. The van der Waals surface area contributed by atoms with Crippen molar-refractivity contribution in [1.29, 1.82) is 0 Å². The van der Waals surface area contributed by atoms with E-state index in [2.05, 4.69) is 0 Å². The zero-order valence-corrected chi connectivity index (χ0v) is 6.67. The van der Waals surface area contributed by atoms with Crippen LogP contribution in [0.4, 0.5) is 0 Å². The van der Waals surface area contributed by atoms with Crippen LogP contribution in [0.5, 0.6) is 0 Å². The zero-order valence-electron chi connectivity index (χ0n) is 6.67. The van der Waals surface area contributed by atoms with Crippen LogP contribution in [0.3, 0.4) is 0 Å². The average molecular weight is 176 g/mol. The van der Waals surface area contributed by atoms with Crippen molar-refractivity contribution in [3.63, 3.8) is 0 Å². The molecule has 5 nitrogen and oxygen atoms in total. The Morgan fingerprint density at radius 3 is 2.75 bits per heavy atom. The standard InChI is InChI=1S/C7H12O5/c1-3-5(9)6-7(10,12-6)4(2-8)11-3/h3-6,8-10H,2H2,1H3. The first kappa shape index (κ1) is 8.40. The molecule has 0 aromatic rings. The summed E-state index contributed by atoms with van der Waals surface area (Å²) < 4.78 is 10.0. The lowest BCUT2D eigenvalue weighted by Crippen LogP contribution is -2.51. The van der Waals surface area contributed by atoms with Crippen LogP contribution in [0.2, 0.25) is 0 Å². The molecule has 70 valence electrons. The Kier molecular flexibility index (Phi) is 1.68. The first-order valence-corrected chi connectivity index (χ1v) is 3.94. The van der Waals surface area contributed by atoms with Gasteiger partial charge >= 0.3 is 0 Å². The first-order chi connectivity index (χ1) is 5.59. The van der Waals surface area contributed by atoms with Gasteiger partial charge in [-0.05, 0) is 6.92 Å². The van der Waals surface area contributed by atoms with E-state index >= 15 is 0 Å². The number of hydrogen-bond donors (Lipinski definition) is 3. The average Bonchev–Trinajstić information content (AvgIpc) is 2.72. The van der Waals surface area contributed by atoms with E-state index in [1.54, 1.807) is 6.92 Å². The van der Waals surface area contributed by atoms with Crippen molar-refractivity contribution in [1.82, 2.24) is 0 Å². The van der Waals surface area contributed by atoms with Gasteiger partial charge in [0, 0.05) is 0 Å². The monoisotopic (exact) mass is 176 g/mol. The van der Waals surface area contributed by atoms with Crippen molar-refractivity contribution in [2.45, 2.75) is 37.1 Å². The summed E-state index contributed by atoms with van der Waals surface area (Å²) in [5, 5.41) is 27.7. The summed E-state index contributed by atoms with van der Waals surface area (Å²) in [5.41, 5.74) is 0. The largest absolute Gasteiger partial charge is 0.393 e. The van der Waals surface area contributed by atoms with Gasteiger partial charge in [-0.2, -0.15) is 0 Å². The van der Waals surface area contributed by atoms with Crippen molar-refractivity contribution in [3.8, 4) is 0 Å². The second kappa shape index (κ2) is 2.40. The van der Waals surface area contributed by atoms with Gasteiger partial charge in [0.1, 0.15) is 18.3 Å². The lowest BCUT2D eigenvalue weighted by atomic mass is 10.00. The Morgan fingerprint density at radius 1 is 1.50 bits per heavy atom. The van der Waals surface area contributed by atoms with Crippen LogP contribution < -0.4 is 0 Å². The van der Waals surface area contributed by atoms with Crippen molar-refractivity contribution >= 4 is 0 Å². The third kappa shape index (κ3) is 0.915. The van der Waals surface area contributed by atoms with E-state index in [4.69, 9.17) is 14.6 Å². The Bertz CT molecular complexity index is 196. The van der Waals surface area contributed by atoms with Crippen LogP contribution in [0.25, 0.3) is 0 Å². The van der Waals surface area contributed by atoms with Crippen LogP contribution in [-0.4, -0.2) is 52.1 Å². The van der Waals surface area contributed by atoms with E-state index < -0.39 is 30.2 Å². The molecule has 0 saturated carbocycles. The van der Waals surface area contributed by atoms with Crippen LogP contribution >= 0.6 is 0 Å². The lowest BCUT2D eigenvalue weighted by molar-refractivity contribution is -0.179. The molecule has 2 rings (SSSR count). The third-order valence-corrected chi connectivity index (χ3v) is 2.46. The van der Waals surface area contributed by atoms with E-state index in [-0.39, 0.29) is 6.61 Å². The van der Waals surface area contributed by atoms with Gasteiger partial charge in [-0.25, -0.2) is 0 Å². The molecule has 3 N–H and O–H groups in total. The molecule has 0 amide bonds. The predicted molar refractivity (Wildman–Crippen MR) is 37.3 cm³/mol. The van der Waals surface area contributed by atoms with E-state index in [9.17, 15) is 10.2 Å².